The third-order valence-electron chi connectivity index (χ3n) is 7.38. The van der Waals surface area contributed by atoms with Gasteiger partial charge in [0.05, 0.1) is 23.0 Å². The normalized spacial score (nSPS) is 16.9. The van der Waals surface area contributed by atoms with Crippen LogP contribution in [0.15, 0.2) is 35.3 Å². The van der Waals surface area contributed by atoms with Gasteiger partial charge in [-0.3, -0.25) is 9.55 Å². The zero-order valence-electron chi connectivity index (χ0n) is 21.3. The van der Waals surface area contributed by atoms with Crippen LogP contribution in [0.3, 0.4) is 0 Å². The van der Waals surface area contributed by atoms with Gasteiger partial charge in [0, 0.05) is 12.7 Å². The van der Waals surface area contributed by atoms with E-state index >= 15 is 4.39 Å². The molecule has 0 unspecified atom stereocenters. The van der Waals surface area contributed by atoms with Crippen molar-refractivity contribution in [3.8, 4) is 28.6 Å². The van der Waals surface area contributed by atoms with E-state index in [9.17, 15) is 14.3 Å². The zero-order chi connectivity index (χ0) is 26.7. The van der Waals surface area contributed by atoms with Gasteiger partial charge in [-0.05, 0) is 55.9 Å². The summed E-state index contributed by atoms with van der Waals surface area (Å²) in [6, 6.07) is 5.38. The number of benzene rings is 1. The molecule has 6 rings (SSSR count). The van der Waals surface area contributed by atoms with Crippen molar-refractivity contribution in [2.24, 2.45) is 0 Å². The van der Waals surface area contributed by atoms with Crippen molar-refractivity contribution in [2.45, 2.75) is 52.0 Å². The number of aromatic nitrogens is 4. The Morgan fingerprint density at radius 1 is 1.16 bits per heavy atom. The highest BCUT2D eigenvalue weighted by Crippen LogP contribution is 2.43. The van der Waals surface area contributed by atoms with E-state index in [0.29, 0.717) is 29.3 Å². The minimum atomic E-state index is -0.957. The number of pyridine rings is 2. The summed E-state index contributed by atoms with van der Waals surface area (Å²) in [5.74, 6) is -2.03. The number of piperidine rings is 1. The smallest absolute Gasteiger partial charge is 0.354 e. The molecule has 10 heteroatoms. The largest absolute Gasteiger partial charge is 0.507 e. The lowest BCUT2D eigenvalue weighted by atomic mass is 10.0. The molecule has 196 valence electrons. The highest BCUT2D eigenvalue weighted by Gasteiger charge is 2.35. The number of halogens is 2. The predicted octanol–water partition coefficient (Wildman–Crippen LogP) is 5.01. The van der Waals surface area contributed by atoms with Crippen LogP contribution < -0.4 is 15.3 Å². The van der Waals surface area contributed by atoms with Gasteiger partial charge in [0.25, 0.3) is 0 Å². The van der Waals surface area contributed by atoms with Crippen LogP contribution in [0.5, 0.6) is 11.6 Å². The quantitative estimate of drug-likeness (QED) is 0.407. The minimum Gasteiger partial charge on any atom is -0.507 e. The number of fused-ring (bicyclic) bond motifs is 2. The summed E-state index contributed by atoms with van der Waals surface area (Å²) >= 11 is 0. The molecule has 1 N–H and O–H groups in total. The van der Waals surface area contributed by atoms with Crippen LogP contribution in [0.1, 0.15) is 50.3 Å². The molecule has 8 nitrogen and oxygen atoms in total. The van der Waals surface area contributed by atoms with Gasteiger partial charge in [0.15, 0.2) is 5.82 Å². The van der Waals surface area contributed by atoms with Crippen LogP contribution in [-0.4, -0.2) is 43.8 Å². The van der Waals surface area contributed by atoms with Crippen molar-refractivity contribution >= 4 is 16.7 Å². The minimum absolute atomic E-state index is 0.0392. The Bertz CT molecular complexity index is 1630. The molecule has 0 saturated carbocycles. The fraction of sp³-hybridized carbons (Fsp3) is 0.357. The third-order valence-corrected chi connectivity index (χ3v) is 7.38. The van der Waals surface area contributed by atoms with Gasteiger partial charge >= 0.3 is 5.69 Å². The summed E-state index contributed by atoms with van der Waals surface area (Å²) < 4.78 is 39.1. The van der Waals surface area contributed by atoms with Gasteiger partial charge in [-0.1, -0.05) is 19.9 Å². The standard InChI is InChI=1S/C28H27F2N5O3/c1-14(2)22-24(15(3)10-11-31-22)35-25-20-26(33-28(35)37)34-12-5-4-7-16(34)13-38-27(20)32-23(21(25)30)19-17(29)8-6-9-18(19)36/h6,8-11,14,16,36H,4-5,7,12-13H2,1-3H3/t16-/m1/s1. The van der Waals surface area contributed by atoms with Crippen LogP contribution in [0, 0.1) is 18.6 Å². The molecule has 5 heterocycles. The van der Waals surface area contributed by atoms with Crippen molar-refractivity contribution in [1.82, 2.24) is 19.5 Å². The molecule has 1 saturated heterocycles. The molecule has 2 aliphatic rings. The van der Waals surface area contributed by atoms with E-state index in [-0.39, 0.29) is 35.3 Å². The monoisotopic (exact) mass is 519 g/mol. The summed E-state index contributed by atoms with van der Waals surface area (Å²) in [6.45, 7) is 6.57. The molecule has 0 amide bonds. The molecule has 3 aromatic heterocycles. The van der Waals surface area contributed by atoms with Gasteiger partial charge < -0.3 is 14.7 Å². The summed E-state index contributed by atoms with van der Waals surface area (Å²) in [6.07, 6.45) is 4.35. The van der Waals surface area contributed by atoms with E-state index in [1.54, 1.807) is 12.3 Å². The molecule has 0 spiro atoms. The van der Waals surface area contributed by atoms with Gasteiger partial charge in [0.2, 0.25) is 5.88 Å². The van der Waals surface area contributed by atoms with Gasteiger partial charge in [-0.2, -0.15) is 4.98 Å². The first-order valence-corrected chi connectivity index (χ1v) is 12.8. The number of ether oxygens (including phenoxy) is 1. The Balaban J connectivity index is 1.81. The number of nitrogens with zero attached hydrogens (tertiary/aromatic N) is 5. The van der Waals surface area contributed by atoms with E-state index < -0.39 is 34.3 Å². The third kappa shape index (κ3) is 3.61. The summed E-state index contributed by atoms with van der Waals surface area (Å²) in [5, 5.41) is 10.8. The number of aromatic hydroxyl groups is 1. The Kier molecular flexibility index (Phi) is 5.77. The molecule has 2 aliphatic heterocycles. The first-order valence-electron chi connectivity index (χ1n) is 12.8. The lowest BCUT2D eigenvalue weighted by Crippen LogP contribution is -2.43. The summed E-state index contributed by atoms with van der Waals surface area (Å²) in [5.41, 5.74) is 0.0251. The second kappa shape index (κ2) is 9.04. The molecule has 1 atom stereocenters. The number of rotatable bonds is 3. The maximum atomic E-state index is 16.8. The Hall–Kier alpha value is -4.08. The first-order chi connectivity index (χ1) is 18.3. The molecule has 0 radical (unpaired) electrons. The number of anilines is 1. The summed E-state index contributed by atoms with van der Waals surface area (Å²) in [4.78, 5) is 29.2. The van der Waals surface area contributed by atoms with Crippen LogP contribution in [0.25, 0.3) is 27.8 Å². The Morgan fingerprint density at radius 2 is 1.97 bits per heavy atom. The molecular weight excluding hydrogens is 492 g/mol. The fourth-order valence-electron chi connectivity index (χ4n) is 5.58. The topological polar surface area (TPSA) is 93.4 Å². The van der Waals surface area contributed by atoms with E-state index in [1.165, 1.54) is 16.7 Å². The maximum Gasteiger partial charge on any atom is 0.354 e. The lowest BCUT2D eigenvalue weighted by Gasteiger charge is -2.35. The van der Waals surface area contributed by atoms with Crippen LogP contribution in [0.2, 0.25) is 0 Å². The number of phenols is 1. The number of phenolic OH excluding ortho intramolecular Hbond substituents is 1. The molecule has 1 aromatic carbocycles. The van der Waals surface area contributed by atoms with Gasteiger partial charge in [-0.15, -0.1) is 0 Å². The van der Waals surface area contributed by atoms with E-state index in [2.05, 4.69) is 15.0 Å². The Labute approximate surface area is 217 Å². The predicted molar refractivity (Wildman–Crippen MR) is 139 cm³/mol. The average molecular weight is 520 g/mol. The Morgan fingerprint density at radius 3 is 2.74 bits per heavy atom. The van der Waals surface area contributed by atoms with Crippen molar-refractivity contribution in [1.29, 1.82) is 0 Å². The molecular formula is C28H27F2N5O3. The van der Waals surface area contributed by atoms with Crippen molar-refractivity contribution in [2.75, 3.05) is 18.1 Å². The number of hydrogen-bond donors (Lipinski definition) is 1. The second-order valence-corrected chi connectivity index (χ2v) is 10.2. The van der Waals surface area contributed by atoms with E-state index in [1.807, 2.05) is 25.7 Å². The second-order valence-electron chi connectivity index (χ2n) is 10.2. The lowest BCUT2D eigenvalue weighted by molar-refractivity contribution is 0.260. The fourth-order valence-corrected chi connectivity index (χ4v) is 5.58. The van der Waals surface area contributed by atoms with Crippen LogP contribution >= 0.6 is 0 Å². The van der Waals surface area contributed by atoms with Crippen molar-refractivity contribution in [3.63, 3.8) is 0 Å². The highest BCUT2D eigenvalue weighted by atomic mass is 19.1. The zero-order valence-corrected chi connectivity index (χ0v) is 21.3. The van der Waals surface area contributed by atoms with Crippen LogP contribution in [-0.2, 0) is 0 Å². The maximum absolute atomic E-state index is 16.8. The van der Waals surface area contributed by atoms with Crippen molar-refractivity contribution in [3.05, 3.63) is 63.8 Å². The number of aryl methyl sites for hydroxylation is 1. The summed E-state index contributed by atoms with van der Waals surface area (Å²) in [7, 11) is 0. The molecule has 1 fully saturated rings. The van der Waals surface area contributed by atoms with Gasteiger partial charge in [-0.25, -0.2) is 18.6 Å². The molecule has 0 aliphatic carbocycles. The molecule has 38 heavy (non-hydrogen) atoms. The molecule has 0 bridgehead atoms. The molecule has 4 aromatic rings. The first kappa shape index (κ1) is 24.3. The van der Waals surface area contributed by atoms with E-state index in [0.717, 1.165) is 25.3 Å². The van der Waals surface area contributed by atoms with Crippen LogP contribution in [0.4, 0.5) is 14.6 Å². The van der Waals surface area contributed by atoms with Crippen molar-refractivity contribution < 1.29 is 18.6 Å². The van der Waals surface area contributed by atoms with E-state index in [4.69, 9.17) is 4.74 Å². The SMILES string of the molecule is Cc1ccnc(C(C)C)c1-n1c(=O)nc2c3c(nc(-c4c(O)cccc4F)c(F)c31)OC[C@H]1CCCCN21. The number of hydrogen-bond acceptors (Lipinski definition) is 7. The van der Waals surface area contributed by atoms with Gasteiger partial charge in [0.1, 0.15) is 40.6 Å². The average Bonchev–Trinajstić information content (AvgIpc) is 3.04. The highest BCUT2D eigenvalue weighted by molar-refractivity contribution is 5.98.